The van der Waals surface area contributed by atoms with E-state index in [1.807, 2.05) is 6.92 Å². The van der Waals surface area contributed by atoms with Crippen LogP contribution >= 0.6 is 0 Å². The molecule has 17 heavy (non-hydrogen) atoms. The van der Waals surface area contributed by atoms with Gasteiger partial charge in [0.25, 0.3) is 5.56 Å². The molecule has 0 aliphatic heterocycles. The summed E-state index contributed by atoms with van der Waals surface area (Å²) in [6.45, 7) is 2.17. The zero-order valence-corrected chi connectivity index (χ0v) is 10.1. The van der Waals surface area contributed by atoms with E-state index in [-0.39, 0.29) is 18.2 Å². The third-order valence-corrected chi connectivity index (χ3v) is 2.99. The average Bonchev–Trinajstić information content (AvgIpc) is 3.13. The van der Waals surface area contributed by atoms with Crippen molar-refractivity contribution in [2.75, 3.05) is 11.9 Å². The Labute approximate surface area is 100 Å². The van der Waals surface area contributed by atoms with Gasteiger partial charge in [0.1, 0.15) is 0 Å². The molecule has 0 spiro atoms. The minimum absolute atomic E-state index is 0.0363. The molecular formula is C12H19N3O2. The van der Waals surface area contributed by atoms with Crippen molar-refractivity contribution in [3.63, 3.8) is 0 Å². The summed E-state index contributed by atoms with van der Waals surface area (Å²) in [4.78, 5) is 16.1. The molecule has 1 fully saturated rings. The summed E-state index contributed by atoms with van der Waals surface area (Å²) < 4.78 is 1.76. The average molecular weight is 237 g/mol. The van der Waals surface area contributed by atoms with Gasteiger partial charge in [-0.3, -0.25) is 4.79 Å². The minimum atomic E-state index is -0.0363. The van der Waals surface area contributed by atoms with Crippen LogP contribution in [0.4, 0.5) is 5.82 Å². The second kappa shape index (κ2) is 5.31. The molecule has 5 nitrogen and oxygen atoms in total. The molecule has 1 aromatic heterocycles. The molecule has 1 aliphatic carbocycles. The molecule has 94 valence electrons. The van der Waals surface area contributed by atoms with E-state index in [1.165, 1.54) is 0 Å². The van der Waals surface area contributed by atoms with Crippen molar-refractivity contribution in [3.05, 3.63) is 22.7 Å². The van der Waals surface area contributed by atoms with Crippen molar-refractivity contribution >= 4 is 5.82 Å². The Balaban J connectivity index is 2.05. The SMILES string of the molecule is CC(CCCO)Nc1nccn(C2CC2)c1=O. The Morgan fingerprint density at radius 1 is 1.65 bits per heavy atom. The highest BCUT2D eigenvalue weighted by Crippen LogP contribution is 2.33. The predicted octanol–water partition coefficient (Wildman–Crippen LogP) is 1.15. The number of nitrogens with one attached hydrogen (secondary N) is 1. The molecule has 0 bridgehead atoms. The van der Waals surface area contributed by atoms with Crippen LogP contribution in [0, 0.1) is 0 Å². The zero-order chi connectivity index (χ0) is 12.3. The summed E-state index contributed by atoms with van der Waals surface area (Å²) in [5.41, 5.74) is -0.0363. The first-order chi connectivity index (χ1) is 8.22. The fraction of sp³-hybridized carbons (Fsp3) is 0.667. The second-order valence-electron chi connectivity index (χ2n) is 4.63. The maximum atomic E-state index is 12.0. The molecule has 1 unspecified atom stereocenters. The summed E-state index contributed by atoms with van der Waals surface area (Å²) in [5.74, 6) is 0.421. The zero-order valence-electron chi connectivity index (χ0n) is 10.1. The van der Waals surface area contributed by atoms with Gasteiger partial charge in [0.2, 0.25) is 0 Å². The second-order valence-corrected chi connectivity index (χ2v) is 4.63. The number of hydrogen-bond acceptors (Lipinski definition) is 4. The van der Waals surface area contributed by atoms with Crippen LogP contribution < -0.4 is 10.9 Å². The quantitative estimate of drug-likeness (QED) is 0.779. The highest BCUT2D eigenvalue weighted by Gasteiger charge is 2.25. The number of anilines is 1. The molecule has 1 aromatic rings. The van der Waals surface area contributed by atoms with E-state index in [9.17, 15) is 4.79 Å². The number of nitrogens with zero attached hydrogens (tertiary/aromatic N) is 2. The summed E-state index contributed by atoms with van der Waals surface area (Å²) in [7, 11) is 0. The van der Waals surface area contributed by atoms with Crippen molar-refractivity contribution in [1.82, 2.24) is 9.55 Å². The Kier molecular flexibility index (Phi) is 3.78. The Bertz CT molecular complexity index is 426. The van der Waals surface area contributed by atoms with Crippen LogP contribution in [-0.2, 0) is 0 Å². The van der Waals surface area contributed by atoms with Crippen LogP contribution in [0.5, 0.6) is 0 Å². The van der Waals surface area contributed by atoms with Crippen molar-refractivity contribution in [1.29, 1.82) is 0 Å². The maximum Gasteiger partial charge on any atom is 0.293 e. The topological polar surface area (TPSA) is 67.2 Å². The lowest BCUT2D eigenvalue weighted by Gasteiger charge is -2.14. The lowest BCUT2D eigenvalue weighted by atomic mass is 10.2. The largest absolute Gasteiger partial charge is 0.396 e. The molecule has 1 heterocycles. The molecule has 2 rings (SSSR count). The van der Waals surface area contributed by atoms with E-state index in [0.717, 1.165) is 25.7 Å². The molecule has 1 aliphatic rings. The van der Waals surface area contributed by atoms with E-state index in [4.69, 9.17) is 5.11 Å². The van der Waals surface area contributed by atoms with Gasteiger partial charge in [-0.1, -0.05) is 0 Å². The monoisotopic (exact) mass is 237 g/mol. The smallest absolute Gasteiger partial charge is 0.293 e. The van der Waals surface area contributed by atoms with Crippen LogP contribution in [0.3, 0.4) is 0 Å². The lowest BCUT2D eigenvalue weighted by Crippen LogP contribution is -2.27. The van der Waals surface area contributed by atoms with Gasteiger partial charge in [0.15, 0.2) is 5.82 Å². The van der Waals surface area contributed by atoms with Crippen molar-refractivity contribution in [2.45, 2.75) is 44.7 Å². The van der Waals surface area contributed by atoms with Crippen LogP contribution in [0.2, 0.25) is 0 Å². The van der Waals surface area contributed by atoms with Gasteiger partial charge in [-0.15, -0.1) is 0 Å². The highest BCUT2D eigenvalue weighted by atomic mass is 16.2. The van der Waals surface area contributed by atoms with E-state index in [0.29, 0.717) is 11.9 Å². The summed E-state index contributed by atoms with van der Waals surface area (Å²) in [5, 5.41) is 11.9. The Morgan fingerprint density at radius 3 is 3.06 bits per heavy atom. The third kappa shape index (κ3) is 3.06. The van der Waals surface area contributed by atoms with Crippen LogP contribution in [-0.4, -0.2) is 27.3 Å². The van der Waals surface area contributed by atoms with Gasteiger partial charge in [0.05, 0.1) is 0 Å². The number of aliphatic hydroxyl groups excluding tert-OH is 1. The Hall–Kier alpha value is -1.36. The molecule has 2 N–H and O–H groups in total. The molecule has 5 heteroatoms. The Morgan fingerprint density at radius 2 is 2.41 bits per heavy atom. The molecule has 0 saturated heterocycles. The first kappa shape index (κ1) is 12.1. The first-order valence-corrected chi connectivity index (χ1v) is 6.17. The summed E-state index contributed by atoms with van der Waals surface area (Å²) in [6.07, 6.45) is 7.16. The normalized spacial score (nSPS) is 16.8. The number of aromatic nitrogens is 2. The number of hydrogen-bond donors (Lipinski definition) is 2. The molecule has 0 amide bonds. The fourth-order valence-corrected chi connectivity index (χ4v) is 1.87. The fourth-order valence-electron chi connectivity index (χ4n) is 1.87. The van der Waals surface area contributed by atoms with E-state index in [1.54, 1.807) is 17.0 Å². The maximum absolute atomic E-state index is 12.0. The molecular weight excluding hydrogens is 218 g/mol. The molecule has 0 aromatic carbocycles. The van der Waals surface area contributed by atoms with Gasteiger partial charge in [-0.05, 0) is 32.6 Å². The summed E-state index contributed by atoms with van der Waals surface area (Å²) in [6, 6.07) is 0.524. The van der Waals surface area contributed by atoms with E-state index >= 15 is 0 Å². The van der Waals surface area contributed by atoms with E-state index < -0.39 is 0 Å². The molecule has 0 radical (unpaired) electrons. The van der Waals surface area contributed by atoms with Gasteiger partial charge in [-0.25, -0.2) is 4.98 Å². The standard InChI is InChI=1S/C12H19N3O2/c1-9(3-2-8-16)14-11-12(17)15(7-6-13-11)10-4-5-10/h6-7,9-10,16H,2-5,8H2,1H3,(H,13,14). The molecule has 1 saturated carbocycles. The number of aliphatic hydroxyl groups is 1. The van der Waals surface area contributed by atoms with Crippen molar-refractivity contribution in [3.8, 4) is 0 Å². The van der Waals surface area contributed by atoms with Gasteiger partial charge in [-0.2, -0.15) is 0 Å². The van der Waals surface area contributed by atoms with Crippen molar-refractivity contribution < 1.29 is 5.11 Å². The van der Waals surface area contributed by atoms with Crippen LogP contribution in [0.25, 0.3) is 0 Å². The van der Waals surface area contributed by atoms with Crippen LogP contribution in [0.1, 0.15) is 38.6 Å². The first-order valence-electron chi connectivity index (χ1n) is 6.17. The summed E-state index contributed by atoms with van der Waals surface area (Å²) >= 11 is 0. The van der Waals surface area contributed by atoms with Crippen molar-refractivity contribution in [2.24, 2.45) is 0 Å². The lowest BCUT2D eigenvalue weighted by molar-refractivity contribution is 0.282. The van der Waals surface area contributed by atoms with Crippen LogP contribution in [0.15, 0.2) is 17.2 Å². The highest BCUT2D eigenvalue weighted by molar-refractivity contribution is 5.32. The van der Waals surface area contributed by atoms with E-state index in [2.05, 4.69) is 10.3 Å². The van der Waals surface area contributed by atoms with Gasteiger partial charge in [0, 0.05) is 31.1 Å². The number of rotatable bonds is 6. The molecule has 1 atom stereocenters. The predicted molar refractivity (Wildman–Crippen MR) is 66.2 cm³/mol. The van der Waals surface area contributed by atoms with Gasteiger partial charge >= 0.3 is 0 Å². The minimum Gasteiger partial charge on any atom is -0.396 e. The third-order valence-electron chi connectivity index (χ3n) is 2.99. The van der Waals surface area contributed by atoms with Gasteiger partial charge < -0.3 is 15.0 Å².